The summed E-state index contributed by atoms with van der Waals surface area (Å²) < 4.78 is 2.13. The van der Waals surface area contributed by atoms with E-state index >= 15 is 0 Å². The van der Waals surface area contributed by atoms with Gasteiger partial charge in [-0.1, -0.05) is 0 Å². The van der Waals surface area contributed by atoms with Crippen molar-refractivity contribution >= 4 is 60.0 Å². The number of rotatable bonds is 2. The average Bonchev–Trinajstić information content (AvgIpc) is 3.36. The normalized spacial score (nSPS) is 14.3. The number of carbonyl (C=O) groups excluding carboxylic acids is 2. The first kappa shape index (κ1) is 18.6. The molecule has 1 aliphatic heterocycles. The summed E-state index contributed by atoms with van der Waals surface area (Å²) in [5, 5.41) is 0. The molecule has 0 fully saturated rings. The standard InChI is InChI=1S/C25H14N2O2SSe/c28-23-16-6-1-2-7-17(16)24(29)18(23)14-15-11-12-22(31-15)27-19-8-3-4-9-20(19)30-21-10-5-13-26-25(21)27/h1-14H. The number of ketones is 2. The Labute approximate surface area is 189 Å². The molecule has 0 saturated carbocycles. The first-order valence-corrected chi connectivity index (χ1v) is 12.3. The molecule has 0 radical (unpaired) electrons. The summed E-state index contributed by atoms with van der Waals surface area (Å²) >= 11 is 1.66. The number of hydrogen-bond acceptors (Lipinski definition) is 5. The first-order chi connectivity index (χ1) is 15.2. The van der Waals surface area contributed by atoms with Gasteiger partial charge in [-0.05, 0) is 0 Å². The van der Waals surface area contributed by atoms with Gasteiger partial charge in [0.05, 0.1) is 0 Å². The molecule has 4 nitrogen and oxygen atoms in total. The predicted octanol–water partition coefficient (Wildman–Crippen LogP) is 5.54. The SMILES string of the molecule is O=C1C(=Cc2ccc(N3c4ccccc4Sc4cccnc43)[se]2)C(=O)c2ccccc21. The summed E-state index contributed by atoms with van der Waals surface area (Å²) in [6.45, 7) is 0. The van der Waals surface area contributed by atoms with Gasteiger partial charge in [0.1, 0.15) is 0 Å². The van der Waals surface area contributed by atoms with Gasteiger partial charge in [0.25, 0.3) is 0 Å². The van der Waals surface area contributed by atoms with Gasteiger partial charge in [-0.15, -0.1) is 0 Å². The zero-order valence-corrected chi connectivity index (χ0v) is 18.6. The van der Waals surface area contributed by atoms with Gasteiger partial charge in [-0.2, -0.15) is 0 Å². The topological polar surface area (TPSA) is 50.3 Å². The number of allylic oxidation sites excluding steroid dienone is 1. The number of nitrogens with zero attached hydrogens (tertiary/aromatic N) is 2. The molecule has 0 atom stereocenters. The summed E-state index contributed by atoms with van der Waals surface area (Å²) in [5.74, 6) is 0.553. The Hall–Kier alpha value is -3.18. The van der Waals surface area contributed by atoms with Crippen molar-refractivity contribution in [2.24, 2.45) is 0 Å². The molecule has 1 aliphatic carbocycles. The molecule has 0 amide bonds. The zero-order chi connectivity index (χ0) is 20.9. The van der Waals surface area contributed by atoms with E-state index < -0.39 is 0 Å². The van der Waals surface area contributed by atoms with E-state index in [0.717, 1.165) is 25.4 Å². The van der Waals surface area contributed by atoms with Crippen LogP contribution in [-0.2, 0) is 0 Å². The molecule has 0 unspecified atom stereocenters. The van der Waals surface area contributed by atoms with Crippen molar-refractivity contribution in [1.29, 1.82) is 0 Å². The third-order valence-electron chi connectivity index (χ3n) is 5.31. The van der Waals surface area contributed by atoms with Crippen molar-refractivity contribution in [2.45, 2.75) is 9.79 Å². The molecule has 0 bridgehead atoms. The van der Waals surface area contributed by atoms with Crippen LogP contribution in [0.15, 0.2) is 94.4 Å². The number of anilines is 3. The molecular formula is C25H14N2O2SSe. The van der Waals surface area contributed by atoms with E-state index in [1.807, 2.05) is 30.5 Å². The third kappa shape index (κ3) is 2.95. The molecule has 0 saturated heterocycles. The van der Waals surface area contributed by atoms with E-state index in [-0.39, 0.29) is 31.6 Å². The number of para-hydroxylation sites is 1. The molecule has 3 heterocycles. The number of carbonyl (C=O) groups is 2. The molecular weight excluding hydrogens is 471 g/mol. The number of hydrogen-bond donors (Lipinski definition) is 0. The number of aromatic nitrogens is 1. The molecule has 31 heavy (non-hydrogen) atoms. The van der Waals surface area contributed by atoms with E-state index in [1.165, 1.54) is 4.90 Å². The number of pyridine rings is 1. The summed E-state index contributed by atoms with van der Waals surface area (Å²) in [4.78, 5) is 34.7. The minimum absolute atomic E-state index is 0.0632. The van der Waals surface area contributed by atoms with Crippen LogP contribution >= 0.6 is 11.8 Å². The summed E-state index contributed by atoms with van der Waals surface area (Å²) in [7, 11) is 0. The number of benzene rings is 2. The minimum atomic E-state index is -0.183. The zero-order valence-electron chi connectivity index (χ0n) is 16.1. The van der Waals surface area contributed by atoms with Gasteiger partial charge in [0, 0.05) is 0 Å². The molecule has 2 aliphatic rings. The van der Waals surface area contributed by atoms with Crippen LogP contribution in [0.5, 0.6) is 0 Å². The van der Waals surface area contributed by atoms with Crippen LogP contribution in [0.1, 0.15) is 25.2 Å². The fourth-order valence-corrected chi connectivity index (χ4v) is 6.96. The van der Waals surface area contributed by atoms with Gasteiger partial charge in [0.2, 0.25) is 0 Å². The van der Waals surface area contributed by atoms with Crippen LogP contribution < -0.4 is 4.90 Å². The molecule has 4 aromatic rings. The maximum atomic E-state index is 12.8. The van der Waals surface area contributed by atoms with Gasteiger partial charge >= 0.3 is 189 Å². The monoisotopic (exact) mass is 486 g/mol. The van der Waals surface area contributed by atoms with Crippen LogP contribution in [0.2, 0.25) is 0 Å². The Morgan fingerprint density at radius 2 is 1.52 bits per heavy atom. The number of fused-ring (bicyclic) bond motifs is 3. The van der Waals surface area contributed by atoms with Gasteiger partial charge in [-0.3, -0.25) is 0 Å². The van der Waals surface area contributed by atoms with Crippen LogP contribution in [0.4, 0.5) is 16.1 Å². The second-order valence-electron chi connectivity index (χ2n) is 7.17. The van der Waals surface area contributed by atoms with E-state index in [9.17, 15) is 9.59 Å². The van der Waals surface area contributed by atoms with Gasteiger partial charge < -0.3 is 0 Å². The Morgan fingerprint density at radius 1 is 0.806 bits per heavy atom. The van der Waals surface area contributed by atoms with Crippen molar-refractivity contribution < 1.29 is 9.59 Å². The van der Waals surface area contributed by atoms with Gasteiger partial charge in [0.15, 0.2) is 0 Å². The van der Waals surface area contributed by atoms with E-state index in [4.69, 9.17) is 0 Å². The molecule has 148 valence electrons. The van der Waals surface area contributed by atoms with Crippen LogP contribution in [0, 0.1) is 0 Å². The van der Waals surface area contributed by atoms with Crippen molar-refractivity contribution in [1.82, 2.24) is 4.98 Å². The Bertz CT molecular complexity index is 1340. The summed E-state index contributed by atoms with van der Waals surface area (Å²) in [6.07, 6.45) is 3.59. The molecule has 2 aromatic heterocycles. The molecule has 6 heteroatoms. The van der Waals surface area contributed by atoms with Gasteiger partial charge in [-0.25, -0.2) is 0 Å². The average molecular weight is 485 g/mol. The molecule has 6 rings (SSSR count). The molecule has 0 N–H and O–H groups in total. The summed E-state index contributed by atoms with van der Waals surface area (Å²) in [5.41, 5.74) is 2.36. The van der Waals surface area contributed by atoms with Crippen molar-refractivity contribution in [2.75, 3.05) is 4.90 Å². The second-order valence-corrected chi connectivity index (χ2v) is 10.5. The number of Topliss-reactive ketones (excluding diaryl/α,β-unsaturated/α-hetero) is 2. The Balaban J connectivity index is 1.43. The predicted molar refractivity (Wildman–Crippen MR) is 123 cm³/mol. The third-order valence-corrected chi connectivity index (χ3v) is 8.55. The Morgan fingerprint density at radius 3 is 2.32 bits per heavy atom. The summed E-state index contributed by atoms with van der Waals surface area (Å²) in [6, 6.07) is 23.5. The fourth-order valence-electron chi connectivity index (χ4n) is 3.90. The van der Waals surface area contributed by atoms with E-state index in [1.54, 1.807) is 42.1 Å². The quantitative estimate of drug-likeness (QED) is 0.187. The van der Waals surface area contributed by atoms with E-state index in [2.05, 4.69) is 34.1 Å². The second kappa shape index (κ2) is 7.20. The molecule has 2 aromatic carbocycles. The van der Waals surface area contributed by atoms with Crippen LogP contribution in [-0.4, -0.2) is 31.1 Å². The Kier molecular flexibility index (Phi) is 4.32. The molecule has 0 spiro atoms. The fraction of sp³-hybridized carbons (Fsp3) is 0. The first-order valence-electron chi connectivity index (χ1n) is 9.73. The van der Waals surface area contributed by atoms with Crippen LogP contribution in [0.25, 0.3) is 6.08 Å². The van der Waals surface area contributed by atoms with Crippen molar-refractivity contribution in [3.63, 3.8) is 0 Å². The van der Waals surface area contributed by atoms with Crippen molar-refractivity contribution in [3.05, 3.63) is 100 Å². The van der Waals surface area contributed by atoms with Crippen molar-refractivity contribution in [3.8, 4) is 0 Å². The van der Waals surface area contributed by atoms with Crippen LogP contribution in [0.3, 0.4) is 0 Å². The van der Waals surface area contributed by atoms with E-state index in [0.29, 0.717) is 11.1 Å². The maximum absolute atomic E-state index is 12.8.